The zero-order valence-corrected chi connectivity index (χ0v) is 5.81. The fourth-order valence-corrected chi connectivity index (χ4v) is 0.743. The molecule has 1 rings (SSSR count). The second-order valence-corrected chi connectivity index (χ2v) is 2.01. The maximum absolute atomic E-state index is 10.4. The number of hydrogen-bond acceptors (Lipinski definition) is 3. The molecule has 58 valence electrons. The van der Waals surface area contributed by atoms with Crippen molar-refractivity contribution in [2.45, 2.75) is 0 Å². The molecule has 0 unspecified atom stereocenters. The Morgan fingerprint density at radius 3 is 2.82 bits per heavy atom. The molecule has 0 spiro atoms. The summed E-state index contributed by atoms with van der Waals surface area (Å²) in [5, 5.41) is 8.48. The van der Waals surface area contributed by atoms with Crippen molar-refractivity contribution in [3.05, 3.63) is 17.7 Å². The molecule has 0 aliphatic rings. The van der Waals surface area contributed by atoms with Crippen molar-refractivity contribution in [3.8, 4) is 0 Å². The number of aldehydes is 1. The van der Waals surface area contributed by atoms with Gasteiger partial charge in [0, 0.05) is 7.05 Å². The molecule has 0 fully saturated rings. The predicted octanol–water partition coefficient (Wildman–Crippen LogP) is -0.0692. The standard InChI is InChI=1S/C6H6N2O3/c1-8-3-7-5(6(10)11)4(8)2-9/h2-3H,1H3,(H,10,11). The van der Waals surface area contributed by atoms with E-state index < -0.39 is 5.97 Å². The third kappa shape index (κ3) is 1.12. The number of rotatable bonds is 2. The highest BCUT2D eigenvalue weighted by Gasteiger charge is 2.13. The van der Waals surface area contributed by atoms with E-state index in [2.05, 4.69) is 4.98 Å². The zero-order valence-electron chi connectivity index (χ0n) is 5.81. The monoisotopic (exact) mass is 154 g/mol. The van der Waals surface area contributed by atoms with E-state index >= 15 is 0 Å². The van der Waals surface area contributed by atoms with E-state index in [9.17, 15) is 9.59 Å². The summed E-state index contributed by atoms with van der Waals surface area (Å²) in [4.78, 5) is 24.2. The average molecular weight is 154 g/mol. The minimum absolute atomic E-state index is 0.0810. The third-order valence-electron chi connectivity index (χ3n) is 1.30. The summed E-state index contributed by atoms with van der Waals surface area (Å²) in [6.45, 7) is 0. The highest BCUT2D eigenvalue weighted by molar-refractivity contribution is 5.94. The van der Waals surface area contributed by atoms with Crippen LogP contribution in [0.3, 0.4) is 0 Å². The zero-order chi connectivity index (χ0) is 8.43. The summed E-state index contributed by atoms with van der Waals surface area (Å²) in [7, 11) is 1.56. The van der Waals surface area contributed by atoms with Crippen LogP contribution in [0, 0.1) is 0 Å². The molecule has 0 bridgehead atoms. The van der Waals surface area contributed by atoms with Crippen molar-refractivity contribution < 1.29 is 14.7 Å². The molecule has 0 radical (unpaired) electrons. The Morgan fingerprint density at radius 2 is 2.45 bits per heavy atom. The van der Waals surface area contributed by atoms with Crippen molar-refractivity contribution in [1.29, 1.82) is 0 Å². The third-order valence-corrected chi connectivity index (χ3v) is 1.30. The number of carbonyl (C=O) groups is 2. The summed E-state index contributed by atoms with van der Waals surface area (Å²) >= 11 is 0. The molecule has 0 aliphatic carbocycles. The highest BCUT2D eigenvalue weighted by Crippen LogP contribution is 2.01. The maximum atomic E-state index is 10.4. The first kappa shape index (κ1) is 7.46. The summed E-state index contributed by atoms with van der Waals surface area (Å²) < 4.78 is 1.36. The number of carboxylic acid groups (broad SMARTS) is 1. The van der Waals surface area contributed by atoms with Crippen LogP contribution in [0.25, 0.3) is 0 Å². The molecule has 11 heavy (non-hydrogen) atoms. The minimum atomic E-state index is -1.19. The molecular formula is C6H6N2O3. The number of aryl methyl sites for hydroxylation is 1. The first-order valence-electron chi connectivity index (χ1n) is 2.86. The van der Waals surface area contributed by atoms with Gasteiger partial charge in [-0.05, 0) is 0 Å². The summed E-state index contributed by atoms with van der Waals surface area (Å²) in [6, 6.07) is 0. The Balaban J connectivity index is 3.26. The molecule has 5 nitrogen and oxygen atoms in total. The second kappa shape index (κ2) is 2.53. The average Bonchev–Trinajstić information content (AvgIpc) is 2.30. The van der Waals surface area contributed by atoms with Crippen LogP contribution in [0.4, 0.5) is 0 Å². The molecule has 0 aliphatic heterocycles. The van der Waals surface area contributed by atoms with Gasteiger partial charge in [0.15, 0.2) is 12.0 Å². The maximum Gasteiger partial charge on any atom is 0.356 e. The molecule has 1 heterocycles. The van der Waals surface area contributed by atoms with Crippen molar-refractivity contribution in [2.75, 3.05) is 0 Å². The molecular weight excluding hydrogens is 148 g/mol. The Kier molecular flexibility index (Phi) is 1.72. The first-order valence-corrected chi connectivity index (χ1v) is 2.86. The summed E-state index contributed by atoms with van der Waals surface area (Å²) in [5.74, 6) is -1.19. The minimum Gasteiger partial charge on any atom is -0.476 e. The first-order chi connectivity index (χ1) is 5.16. The fraction of sp³-hybridized carbons (Fsp3) is 0.167. The lowest BCUT2D eigenvalue weighted by Gasteiger charge is -1.91. The molecule has 1 aromatic heterocycles. The molecule has 0 aromatic carbocycles. The highest BCUT2D eigenvalue weighted by atomic mass is 16.4. The van der Waals surface area contributed by atoms with Crippen LogP contribution < -0.4 is 0 Å². The van der Waals surface area contributed by atoms with E-state index in [1.165, 1.54) is 10.9 Å². The van der Waals surface area contributed by atoms with Gasteiger partial charge in [-0.15, -0.1) is 0 Å². The van der Waals surface area contributed by atoms with E-state index in [0.717, 1.165) is 0 Å². The van der Waals surface area contributed by atoms with Gasteiger partial charge in [-0.25, -0.2) is 9.78 Å². The molecule has 0 saturated carbocycles. The number of imidazole rings is 1. The Morgan fingerprint density at radius 1 is 1.82 bits per heavy atom. The molecule has 0 amide bonds. The predicted molar refractivity (Wildman–Crippen MR) is 35.6 cm³/mol. The van der Waals surface area contributed by atoms with Gasteiger partial charge in [-0.1, -0.05) is 0 Å². The van der Waals surface area contributed by atoms with Gasteiger partial charge in [0.1, 0.15) is 5.69 Å². The fourth-order valence-electron chi connectivity index (χ4n) is 0.743. The Labute approximate surface area is 62.3 Å². The molecule has 0 saturated heterocycles. The van der Waals surface area contributed by atoms with Gasteiger partial charge in [0.05, 0.1) is 6.33 Å². The van der Waals surface area contributed by atoms with Crippen molar-refractivity contribution in [2.24, 2.45) is 7.05 Å². The summed E-state index contributed by atoms with van der Waals surface area (Å²) in [6.07, 6.45) is 1.75. The number of aromatic carboxylic acids is 1. The topological polar surface area (TPSA) is 72.2 Å². The van der Waals surface area contributed by atoms with Crippen LogP contribution in [0.1, 0.15) is 21.0 Å². The molecule has 0 atom stereocenters. The van der Waals surface area contributed by atoms with E-state index in [1.54, 1.807) is 7.05 Å². The van der Waals surface area contributed by atoms with E-state index in [-0.39, 0.29) is 11.4 Å². The van der Waals surface area contributed by atoms with Gasteiger partial charge in [-0.2, -0.15) is 0 Å². The SMILES string of the molecule is Cn1cnc(C(=O)O)c1C=O. The number of aromatic nitrogens is 2. The lowest BCUT2D eigenvalue weighted by molar-refractivity contribution is 0.0688. The van der Waals surface area contributed by atoms with Gasteiger partial charge in [-0.3, -0.25) is 4.79 Å². The van der Waals surface area contributed by atoms with E-state index in [0.29, 0.717) is 6.29 Å². The van der Waals surface area contributed by atoms with Crippen LogP contribution in [-0.4, -0.2) is 26.9 Å². The molecule has 5 heteroatoms. The van der Waals surface area contributed by atoms with Gasteiger partial charge >= 0.3 is 5.97 Å². The number of nitrogens with zero attached hydrogens (tertiary/aromatic N) is 2. The normalized spacial score (nSPS) is 9.55. The van der Waals surface area contributed by atoms with Crippen LogP contribution >= 0.6 is 0 Å². The summed E-state index contributed by atoms with van der Waals surface area (Å²) in [5.41, 5.74) is -0.125. The quantitative estimate of drug-likeness (QED) is 0.605. The lowest BCUT2D eigenvalue weighted by atomic mass is 10.3. The number of carboxylic acids is 1. The Bertz CT molecular complexity index is 303. The molecule has 1 aromatic rings. The van der Waals surface area contributed by atoms with Crippen LogP contribution in [-0.2, 0) is 7.05 Å². The van der Waals surface area contributed by atoms with Crippen molar-refractivity contribution in [3.63, 3.8) is 0 Å². The number of carbonyl (C=O) groups excluding carboxylic acids is 1. The molecule has 1 N–H and O–H groups in total. The van der Waals surface area contributed by atoms with Crippen molar-refractivity contribution in [1.82, 2.24) is 9.55 Å². The van der Waals surface area contributed by atoms with E-state index in [4.69, 9.17) is 5.11 Å². The smallest absolute Gasteiger partial charge is 0.356 e. The van der Waals surface area contributed by atoms with Gasteiger partial charge in [0.25, 0.3) is 0 Å². The van der Waals surface area contributed by atoms with Crippen LogP contribution in [0.15, 0.2) is 6.33 Å². The number of hydrogen-bond donors (Lipinski definition) is 1. The van der Waals surface area contributed by atoms with Crippen LogP contribution in [0.2, 0.25) is 0 Å². The largest absolute Gasteiger partial charge is 0.476 e. The van der Waals surface area contributed by atoms with E-state index in [1.807, 2.05) is 0 Å². The van der Waals surface area contributed by atoms with Gasteiger partial charge < -0.3 is 9.67 Å². The Hall–Kier alpha value is -1.65. The van der Waals surface area contributed by atoms with Crippen LogP contribution in [0.5, 0.6) is 0 Å². The van der Waals surface area contributed by atoms with Gasteiger partial charge in [0.2, 0.25) is 0 Å². The lowest BCUT2D eigenvalue weighted by Crippen LogP contribution is -2.03. The second-order valence-electron chi connectivity index (χ2n) is 2.01. The van der Waals surface area contributed by atoms with Crippen molar-refractivity contribution >= 4 is 12.3 Å².